The first-order valence-corrected chi connectivity index (χ1v) is 5.82. The third-order valence-electron chi connectivity index (χ3n) is 2.98. The van der Waals surface area contributed by atoms with Gasteiger partial charge in [0, 0.05) is 37.8 Å². The van der Waals surface area contributed by atoms with Gasteiger partial charge >= 0.3 is 0 Å². The highest BCUT2D eigenvalue weighted by atomic mass is 16.6. The fraction of sp³-hybridized carbons (Fsp3) is 0.333. The number of nitro groups is 1. The highest BCUT2D eigenvalue weighted by Gasteiger charge is 2.19. The van der Waals surface area contributed by atoms with Crippen LogP contribution in [0.2, 0.25) is 0 Å². The van der Waals surface area contributed by atoms with Crippen molar-refractivity contribution in [2.45, 2.75) is 6.42 Å². The quantitative estimate of drug-likeness (QED) is 0.626. The Morgan fingerprint density at radius 1 is 1.42 bits per heavy atom. The summed E-state index contributed by atoms with van der Waals surface area (Å²) in [5.41, 5.74) is 0.489. The van der Waals surface area contributed by atoms with Crippen LogP contribution in [-0.4, -0.2) is 30.5 Å². The summed E-state index contributed by atoms with van der Waals surface area (Å²) in [7, 11) is 0. The van der Waals surface area contributed by atoms with Gasteiger partial charge in [0.05, 0.1) is 4.92 Å². The highest BCUT2D eigenvalue weighted by Crippen LogP contribution is 2.25. The number of hydrogen-bond acceptors (Lipinski definition) is 5. The number of nitro benzene ring substituents is 1. The Morgan fingerprint density at radius 3 is 2.89 bits per heavy atom. The van der Waals surface area contributed by atoms with E-state index in [1.54, 1.807) is 12.1 Å². The summed E-state index contributed by atoms with van der Waals surface area (Å²) in [6, 6.07) is 6.29. The van der Waals surface area contributed by atoms with Crippen molar-refractivity contribution in [1.29, 1.82) is 5.26 Å². The van der Waals surface area contributed by atoms with Crippen LogP contribution in [0.15, 0.2) is 18.2 Å². The minimum atomic E-state index is -0.566. The molecule has 0 spiro atoms. The molecular formula is C12H12N4O3. The third-order valence-corrected chi connectivity index (χ3v) is 2.98. The second-order valence-electron chi connectivity index (χ2n) is 4.16. The van der Waals surface area contributed by atoms with E-state index < -0.39 is 4.92 Å². The van der Waals surface area contributed by atoms with Crippen molar-refractivity contribution < 1.29 is 9.72 Å². The SMILES string of the molecule is N#Cc1ccc(N2CCNC(=O)CC2)cc1[N+](=O)[O-]. The largest absolute Gasteiger partial charge is 0.369 e. The molecule has 7 heteroatoms. The Hall–Kier alpha value is -2.62. The number of carbonyl (C=O) groups excluding carboxylic acids is 1. The van der Waals surface area contributed by atoms with Crippen LogP contribution in [0.3, 0.4) is 0 Å². The average Bonchev–Trinajstić information content (AvgIpc) is 2.62. The van der Waals surface area contributed by atoms with E-state index in [-0.39, 0.29) is 17.2 Å². The van der Waals surface area contributed by atoms with E-state index in [9.17, 15) is 14.9 Å². The van der Waals surface area contributed by atoms with Gasteiger partial charge in [0.2, 0.25) is 5.91 Å². The van der Waals surface area contributed by atoms with Gasteiger partial charge in [0.15, 0.2) is 0 Å². The standard InChI is InChI=1S/C12H12N4O3/c13-8-9-1-2-10(7-11(9)16(18)19)15-5-3-12(17)14-4-6-15/h1-2,7H,3-6H2,(H,14,17). The molecule has 0 aromatic heterocycles. The van der Waals surface area contributed by atoms with Crippen LogP contribution in [0.4, 0.5) is 11.4 Å². The van der Waals surface area contributed by atoms with Gasteiger partial charge < -0.3 is 10.2 Å². The molecule has 0 saturated carbocycles. The van der Waals surface area contributed by atoms with Crippen LogP contribution in [0.5, 0.6) is 0 Å². The summed E-state index contributed by atoms with van der Waals surface area (Å²) < 4.78 is 0. The molecule has 1 fully saturated rings. The van der Waals surface area contributed by atoms with Gasteiger partial charge in [-0.1, -0.05) is 0 Å². The molecule has 1 amide bonds. The molecule has 7 nitrogen and oxygen atoms in total. The van der Waals surface area contributed by atoms with E-state index >= 15 is 0 Å². The maximum Gasteiger partial charge on any atom is 0.289 e. The second-order valence-corrected chi connectivity index (χ2v) is 4.16. The molecule has 1 aromatic rings. The molecule has 1 N–H and O–H groups in total. The topological polar surface area (TPSA) is 99.3 Å². The molecule has 0 atom stereocenters. The number of nitrogens with one attached hydrogen (secondary N) is 1. The summed E-state index contributed by atoms with van der Waals surface area (Å²) in [4.78, 5) is 23.5. The van der Waals surface area contributed by atoms with E-state index in [0.717, 1.165) is 0 Å². The monoisotopic (exact) mass is 260 g/mol. The molecule has 19 heavy (non-hydrogen) atoms. The van der Waals surface area contributed by atoms with E-state index in [4.69, 9.17) is 5.26 Å². The number of carbonyl (C=O) groups is 1. The number of nitriles is 1. The molecule has 1 saturated heterocycles. The predicted molar refractivity (Wildman–Crippen MR) is 67.7 cm³/mol. The van der Waals surface area contributed by atoms with Crippen LogP contribution in [0, 0.1) is 21.4 Å². The van der Waals surface area contributed by atoms with E-state index in [1.807, 2.05) is 4.90 Å². The summed E-state index contributed by atoms with van der Waals surface area (Å²) in [5, 5.41) is 22.5. The van der Waals surface area contributed by atoms with Crippen molar-refractivity contribution in [2.24, 2.45) is 0 Å². The lowest BCUT2D eigenvalue weighted by molar-refractivity contribution is -0.385. The van der Waals surface area contributed by atoms with Gasteiger partial charge in [-0.15, -0.1) is 0 Å². The second kappa shape index (κ2) is 5.35. The van der Waals surface area contributed by atoms with Gasteiger partial charge in [0.25, 0.3) is 5.69 Å². The first-order chi connectivity index (χ1) is 9.11. The van der Waals surface area contributed by atoms with E-state index in [2.05, 4.69) is 5.32 Å². The molecule has 1 aromatic carbocycles. The zero-order valence-electron chi connectivity index (χ0n) is 10.1. The Bertz CT molecular complexity index is 565. The number of anilines is 1. The lowest BCUT2D eigenvalue weighted by Crippen LogP contribution is -2.28. The smallest absolute Gasteiger partial charge is 0.289 e. The van der Waals surface area contributed by atoms with E-state index in [0.29, 0.717) is 31.7 Å². The van der Waals surface area contributed by atoms with Crippen molar-refractivity contribution >= 4 is 17.3 Å². The lowest BCUT2D eigenvalue weighted by atomic mass is 10.1. The fourth-order valence-electron chi connectivity index (χ4n) is 1.99. The number of benzene rings is 1. The maximum atomic E-state index is 11.2. The number of amides is 1. The third kappa shape index (κ3) is 2.80. The molecule has 1 aliphatic heterocycles. The van der Waals surface area contributed by atoms with Crippen molar-refractivity contribution in [3.63, 3.8) is 0 Å². The first-order valence-electron chi connectivity index (χ1n) is 5.82. The van der Waals surface area contributed by atoms with Gasteiger partial charge in [-0.25, -0.2) is 0 Å². The minimum Gasteiger partial charge on any atom is -0.369 e. The first kappa shape index (κ1) is 12.8. The molecule has 0 unspecified atom stereocenters. The predicted octanol–water partition coefficient (Wildman–Crippen LogP) is 0.793. The summed E-state index contributed by atoms with van der Waals surface area (Å²) >= 11 is 0. The molecule has 0 aliphatic carbocycles. The van der Waals surface area contributed by atoms with Gasteiger partial charge in [-0.05, 0) is 12.1 Å². The minimum absolute atomic E-state index is 0.0226. The van der Waals surface area contributed by atoms with E-state index in [1.165, 1.54) is 12.1 Å². The van der Waals surface area contributed by atoms with Crippen LogP contribution in [0.1, 0.15) is 12.0 Å². The number of hydrogen-bond donors (Lipinski definition) is 1. The molecule has 98 valence electrons. The molecular weight excluding hydrogens is 248 g/mol. The van der Waals surface area contributed by atoms with Gasteiger partial charge in [-0.3, -0.25) is 14.9 Å². The van der Waals surface area contributed by atoms with Gasteiger partial charge in [-0.2, -0.15) is 5.26 Å². The lowest BCUT2D eigenvalue weighted by Gasteiger charge is -2.21. The fourth-order valence-corrected chi connectivity index (χ4v) is 1.99. The Labute approximate surface area is 109 Å². The normalized spacial score (nSPS) is 15.3. The molecule has 1 aliphatic rings. The Balaban J connectivity index is 2.30. The molecule has 0 bridgehead atoms. The van der Waals surface area contributed by atoms with Crippen LogP contribution < -0.4 is 10.2 Å². The molecule has 2 rings (SSSR count). The van der Waals surface area contributed by atoms with Gasteiger partial charge in [0.1, 0.15) is 11.6 Å². The molecule has 1 heterocycles. The summed E-state index contributed by atoms with van der Waals surface area (Å²) in [6.45, 7) is 1.61. The van der Waals surface area contributed by atoms with Crippen molar-refractivity contribution in [3.8, 4) is 6.07 Å². The van der Waals surface area contributed by atoms with Crippen LogP contribution in [-0.2, 0) is 4.79 Å². The van der Waals surface area contributed by atoms with Crippen molar-refractivity contribution in [2.75, 3.05) is 24.5 Å². The Kier molecular flexibility index (Phi) is 3.61. The summed E-state index contributed by atoms with van der Waals surface area (Å²) in [5.74, 6) is -0.0226. The highest BCUT2D eigenvalue weighted by molar-refractivity contribution is 5.77. The average molecular weight is 260 g/mol. The van der Waals surface area contributed by atoms with Crippen LogP contribution >= 0.6 is 0 Å². The molecule has 0 radical (unpaired) electrons. The van der Waals surface area contributed by atoms with Crippen molar-refractivity contribution in [1.82, 2.24) is 5.32 Å². The summed E-state index contributed by atoms with van der Waals surface area (Å²) in [6.07, 6.45) is 0.355. The van der Waals surface area contributed by atoms with Crippen molar-refractivity contribution in [3.05, 3.63) is 33.9 Å². The van der Waals surface area contributed by atoms with Crippen LogP contribution in [0.25, 0.3) is 0 Å². The maximum absolute atomic E-state index is 11.2. The zero-order valence-corrected chi connectivity index (χ0v) is 10.1. The number of rotatable bonds is 2. The zero-order chi connectivity index (χ0) is 13.8. The number of nitrogens with zero attached hydrogens (tertiary/aromatic N) is 3. The Morgan fingerprint density at radius 2 is 2.21 bits per heavy atom.